The van der Waals surface area contributed by atoms with Crippen molar-refractivity contribution in [2.75, 3.05) is 5.32 Å². The second-order valence-corrected chi connectivity index (χ2v) is 5.62. The lowest BCUT2D eigenvalue weighted by Crippen LogP contribution is -2.04. The molecule has 3 rings (SSSR count). The van der Waals surface area contributed by atoms with Gasteiger partial charge in [0.15, 0.2) is 0 Å². The summed E-state index contributed by atoms with van der Waals surface area (Å²) in [6, 6.07) is 10.0. The van der Waals surface area contributed by atoms with Crippen LogP contribution in [0.25, 0.3) is 11.3 Å². The van der Waals surface area contributed by atoms with Gasteiger partial charge in [-0.3, -0.25) is 0 Å². The number of anilines is 1. The molecule has 0 fully saturated rings. The number of nitrogens with zero attached hydrogens (tertiary/aromatic N) is 4. The molecular formula is C14H14BrN5O. The van der Waals surface area contributed by atoms with Crippen molar-refractivity contribution in [2.24, 2.45) is 7.05 Å². The van der Waals surface area contributed by atoms with E-state index in [1.807, 2.05) is 24.3 Å². The quantitative estimate of drug-likeness (QED) is 0.784. The molecule has 6 nitrogen and oxygen atoms in total. The lowest BCUT2D eigenvalue weighted by molar-refractivity contribution is 0.530. The smallest absolute Gasteiger partial charge is 0.243 e. The topological polar surface area (TPSA) is 68.8 Å². The molecule has 0 aliphatic rings. The van der Waals surface area contributed by atoms with E-state index in [1.165, 1.54) is 0 Å². The molecule has 2 aromatic heterocycles. The van der Waals surface area contributed by atoms with Crippen molar-refractivity contribution in [3.8, 4) is 11.3 Å². The summed E-state index contributed by atoms with van der Waals surface area (Å²) < 4.78 is 8.51. The van der Waals surface area contributed by atoms with Crippen LogP contribution in [0.15, 0.2) is 39.2 Å². The Morgan fingerprint density at radius 1 is 1.29 bits per heavy atom. The van der Waals surface area contributed by atoms with E-state index in [0.29, 0.717) is 12.5 Å². The number of hydrogen-bond acceptors (Lipinski definition) is 5. The number of aryl methyl sites for hydroxylation is 2. The summed E-state index contributed by atoms with van der Waals surface area (Å²) in [6.07, 6.45) is 0. The minimum Gasteiger partial charge on any atom is -0.459 e. The summed E-state index contributed by atoms with van der Waals surface area (Å²) in [7, 11) is 1.78. The minimum absolute atomic E-state index is 0.532. The zero-order chi connectivity index (χ0) is 14.8. The van der Waals surface area contributed by atoms with Gasteiger partial charge in [-0.15, -0.1) is 0 Å². The van der Waals surface area contributed by atoms with Crippen LogP contribution < -0.4 is 5.32 Å². The molecule has 0 bridgehead atoms. The van der Waals surface area contributed by atoms with E-state index in [1.54, 1.807) is 11.7 Å². The van der Waals surface area contributed by atoms with Gasteiger partial charge in [0, 0.05) is 17.1 Å². The Hall–Kier alpha value is -2.15. The Balaban J connectivity index is 1.75. The van der Waals surface area contributed by atoms with Crippen LogP contribution in [0.5, 0.6) is 0 Å². The highest BCUT2D eigenvalue weighted by Gasteiger charge is 2.09. The van der Waals surface area contributed by atoms with E-state index in [2.05, 4.69) is 49.8 Å². The van der Waals surface area contributed by atoms with Crippen molar-refractivity contribution < 1.29 is 4.42 Å². The van der Waals surface area contributed by atoms with Gasteiger partial charge < -0.3 is 9.73 Å². The molecule has 0 saturated heterocycles. The molecule has 0 unspecified atom stereocenters. The highest BCUT2D eigenvalue weighted by Crippen LogP contribution is 2.27. The second kappa shape index (κ2) is 5.69. The Morgan fingerprint density at radius 2 is 2.14 bits per heavy atom. The molecule has 1 N–H and O–H groups in total. The van der Waals surface area contributed by atoms with Crippen LogP contribution in [-0.4, -0.2) is 20.2 Å². The van der Waals surface area contributed by atoms with Crippen molar-refractivity contribution in [3.63, 3.8) is 0 Å². The average molecular weight is 348 g/mol. The van der Waals surface area contributed by atoms with Crippen LogP contribution in [0.2, 0.25) is 0 Å². The molecule has 0 aliphatic carbocycles. The number of halogens is 1. The number of hydrogen-bond donors (Lipinski definition) is 1. The standard InChI is InChI=1S/C14H14BrN5O/c1-9-7-10(15)3-5-12(9)13-6-4-11(21-13)8-16-14-17-18-19-20(14)2/h3-7H,8H2,1-2H3,(H,16,17,19). The Bertz CT molecular complexity index is 764. The molecule has 0 spiro atoms. The Labute approximate surface area is 130 Å². The van der Waals surface area contributed by atoms with Crippen LogP contribution in [0.1, 0.15) is 11.3 Å². The van der Waals surface area contributed by atoms with Crippen LogP contribution in [0.4, 0.5) is 5.95 Å². The summed E-state index contributed by atoms with van der Waals surface area (Å²) in [5.41, 5.74) is 2.25. The zero-order valence-corrected chi connectivity index (χ0v) is 13.3. The first-order valence-electron chi connectivity index (χ1n) is 6.45. The summed E-state index contributed by atoms with van der Waals surface area (Å²) in [6.45, 7) is 2.59. The maximum absolute atomic E-state index is 5.87. The fraction of sp³-hybridized carbons (Fsp3) is 0.214. The first-order chi connectivity index (χ1) is 10.1. The summed E-state index contributed by atoms with van der Waals surface area (Å²) in [5.74, 6) is 2.29. The van der Waals surface area contributed by atoms with E-state index >= 15 is 0 Å². The fourth-order valence-corrected chi connectivity index (χ4v) is 2.54. The van der Waals surface area contributed by atoms with Crippen molar-refractivity contribution in [2.45, 2.75) is 13.5 Å². The largest absolute Gasteiger partial charge is 0.459 e. The predicted octanol–water partition coefficient (Wildman–Crippen LogP) is 3.15. The maximum atomic E-state index is 5.87. The van der Waals surface area contributed by atoms with Gasteiger partial charge in [0.2, 0.25) is 5.95 Å². The molecule has 108 valence electrons. The number of benzene rings is 1. The molecular weight excluding hydrogens is 334 g/mol. The van der Waals surface area contributed by atoms with Gasteiger partial charge >= 0.3 is 0 Å². The van der Waals surface area contributed by atoms with Crippen LogP contribution in [0, 0.1) is 6.92 Å². The number of rotatable bonds is 4. The van der Waals surface area contributed by atoms with E-state index in [4.69, 9.17) is 4.42 Å². The lowest BCUT2D eigenvalue weighted by Gasteiger charge is -2.04. The SMILES string of the molecule is Cc1cc(Br)ccc1-c1ccc(CNc2nnnn2C)o1. The summed E-state index contributed by atoms with van der Waals surface area (Å²) in [4.78, 5) is 0. The molecule has 2 heterocycles. The summed E-state index contributed by atoms with van der Waals surface area (Å²) >= 11 is 3.47. The van der Waals surface area contributed by atoms with Crippen molar-refractivity contribution in [1.29, 1.82) is 0 Å². The molecule has 0 saturated carbocycles. The normalized spacial score (nSPS) is 10.8. The predicted molar refractivity (Wildman–Crippen MR) is 82.7 cm³/mol. The van der Waals surface area contributed by atoms with Crippen molar-refractivity contribution >= 4 is 21.9 Å². The minimum atomic E-state index is 0.532. The van der Waals surface area contributed by atoms with Crippen molar-refractivity contribution in [1.82, 2.24) is 20.2 Å². The highest BCUT2D eigenvalue weighted by molar-refractivity contribution is 9.10. The Kier molecular flexibility index (Phi) is 3.74. The molecule has 3 aromatic rings. The van der Waals surface area contributed by atoms with E-state index < -0.39 is 0 Å². The van der Waals surface area contributed by atoms with E-state index in [9.17, 15) is 0 Å². The first kappa shape index (κ1) is 13.8. The maximum Gasteiger partial charge on any atom is 0.243 e. The van der Waals surface area contributed by atoms with Gasteiger partial charge in [-0.25, -0.2) is 4.68 Å². The van der Waals surface area contributed by atoms with E-state index in [-0.39, 0.29) is 0 Å². The third-order valence-corrected chi connectivity index (χ3v) is 3.65. The molecule has 0 radical (unpaired) electrons. The van der Waals surface area contributed by atoms with Gasteiger partial charge in [-0.1, -0.05) is 21.0 Å². The number of furan rings is 1. The van der Waals surface area contributed by atoms with Gasteiger partial charge in [0.1, 0.15) is 11.5 Å². The molecule has 21 heavy (non-hydrogen) atoms. The Morgan fingerprint density at radius 3 is 2.86 bits per heavy atom. The number of tetrazole rings is 1. The number of nitrogens with one attached hydrogen (secondary N) is 1. The van der Waals surface area contributed by atoms with Crippen LogP contribution in [0.3, 0.4) is 0 Å². The van der Waals surface area contributed by atoms with Gasteiger partial charge in [-0.2, -0.15) is 0 Å². The van der Waals surface area contributed by atoms with Gasteiger partial charge in [-0.05, 0) is 53.2 Å². The summed E-state index contributed by atoms with van der Waals surface area (Å²) in [5, 5.41) is 14.3. The van der Waals surface area contributed by atoms with Crippen LogP contribution >= 0.6 is 15.9 Å². The lowest BCUT2D eigenvalue weighted by atomic mass is 10.1. The third-order valence-electron chi connectivity index (χ3n) is 3.16. The zero-order valence-electron chi connectivity index (χ0n) is 11.7. The molecule has 1 aromatic carbocycles. The highest BCUT2D eigenvalue weighted by atomic mass is 79.9. The number of aromatic nitrogens is 4. The van der Waals surface area contributed by atoms with Gasteiger partial charge in [0.25, 0.3) is 0 Å². The monoisotopic (exact) mass is 347 g/mol. The molecule has 0 atom stereocenters. The third kappa shape index (κ3) is 2.97. The molecule has 7 heteroatoms. The fourth-order valence-electron chi connectivity index (χ4n) is 2.07. The second-order valence-electron chi connectivity index (χ2n) is 4.70. The van der Waals surface area contributed by atoms with Crippen LogP contribution in [-0.2, 0) is 13.6 Å². The molecule has 0 aliphatic heterocycles. The van der Waals surface area contributed by atoms with E-state index in [0.717, 1.165) is 27.1 Å². The van der Waals surface area contributed by atoms with Gasteiger partial charge in [0.05, 0.1) is 6.54 Å². The molecule has 0 amide bonds. The average Bonchev–Trinajstić information content (AvgIpc) is 3.05. The van der Waals surface area contributed by atoms with Crippen molar-refractivity contribution in [3.05, 3.63) is 46.1 Å². The first-order valence-corrected chi connectivity index (χ1v) is 7.24.